The standard InChI is InChI=1S/C14H20N4O/c1-5-18-14(11(19-4)8-17-18)12(15)13-10(3)6-9(2)7-16-13/h6-8,12H,5,15H2,1-4H3. The predicted octanol–water partition coefficient (Wildman–Crippen LogP) is 1.97. The third-order valence-corrected chi connectivity index (χ3v) is 3.21. The van der Waals surface area contributed by atoms with Gasteiger partial charge in [0.1, 0.15) is 5.69 Å². The van der Waals surface area contributed by atoms with E-state index in [1.807, 2.05) is 31.6 Å². The number of pyridine rings is 1. The van der Waals surface area contributed by atoms with Gasteiger partial charge in [-0.25, -0.2) is 0 Å². The van der Waals surface area contributed by atoms with Crippen LogP contribution >= 0.6 is 0 Å². The van der Waals surface area contributed by atoms with Gasteiger partial charge in [-0.1, -0.05) is 6.07 Å². The summed E-state index contributed by atoms with van der Waals surface area (Å²) in [5.41, 5.74) is 10.3. The lowest BCUT2D eigenvalue weighted by atomic mass is 10.0. The summed E-state index contributed by atoms with van der Waals surface area (Å²) in [5.74, 6) is 0.705. The van der Waals surface area contributed by atoms with Gasteiger partial charge in [-0.2, -0.15) is 5.10 Å². The van der Waals surface area contributed by atoms with Crippen LogP contribution in [0.5, 0.6) is 5.75 Å². The third kappa shape index (κ3) is 2.46. The van der Waals surface area contributed by atoms with Gasteiger partial charge < -0.3 is 10.5 Å². The van der Waals surface area contributed by atoms with Gasteiger partial charge in [0, 0.05) is 12.7 Å². The van der Waals surface area contributed by atoms with Gasteiger partial charge in [0.05, 0.1) is 25.0 Å². The van der Waals surface area contributed by atoms with Crippen molar-refractivity contribution in [2.24, 2.45) is 5.73 Å². The number of aromatic nitrogens is 3. The lowest BCUT2D eigenvalue weighted by Crippen LogP contribution is -2.20. The van der Waals surface area contributed by atoms with Crippen LogP contribution in [0.4, 0.5) is 0 Å². The van der Waals surface area contributed by atoms with Gasteiger partial charge in [-0.3, -0.25) is 9.67 Å². The summed E-state index contributed by atoms with van der Waals surface area (Å²) in [6.07, 6.45) is 3.53. The van der Waals surface area contributed by atoms with E-state index >= 15 is 0 Å². The van der Waals surface area contributed by atoms with Crippen molar-refractivity contribution in [1.29, 1.82) is 0 Å². The lowest BCUT2D eigenvalue weighted by molar-refractivity contribution is 0.404. The first-order chi connectivity index (χ1) is 9.08. The average Bonchev–Trinajstić information content (AvgIpc) is 2.80. The molecule has 0 saturated carbocycles. The molecule has 0 fully saturated rings. The van der Waals surface area contributed by atoms with Crippen molar-refractivity contribution in [2.75, 3.05) is 7.11 Å². The van der Waals surface area contributed by atoms with Gasteiger partial charge in [0.2, 0.25) is 0 Å². The van der Waals surface area contributed by atoms with E-state index < -0.39 is 0 Å². The van der Waals surface area contributed by atoms with E-state index in [9.17, 15) is 0 Å². The Hall–Kier alpha value is -1.88. The van der Waals surface area contributed by atoms with E-state index in [0.29, 0.717) is 5.75 Å². The van der Waals surface area contributed by atoms with Crippen molar-refractivity contribution in [3.05, 3.63) is 41.0 Å². The molecule has 0 aromatic carbocycles. The Morgan fingerprint density at radius 1 is 1.37 bits per heavy atom. The summed E-state index contributed by atoms with van der Waals surface area (Å²) in [6.45, 7) is 6.82. The lowest BCUT2D eigenvalue weighted by Gasteiger charge is -2.16. The van der Waals surface area contributed by atoms with Crippen molar-refractivity contribution in [2.45, 2.75) is 33.4 Å². The molecule has 5 heteroatoms. The number of rotatable bonds is 4. The van der Waals surface area contributed by atoms with E-state index in [2.05, 4.69) is 16.1 Å². The fraction of sp³-hybridized carbons (Fsp3) is 0.429. The SMILES string of the molecule is CCn1ncc(OC)c1C(N)c1ncc(C)cc1C. The number of nitrogens with two attached hydrogens (primary N) is 1. The minimum Gasteiger partial charge on any atom is -0.493 e. The highest BCUT2D eigenvalue weighted by Crippen LogP contribution is 2.28. The Kier molecular flexibility index (Phi) is 3.85. The molecule has 2 aromatic heterocycles. The van der Waals surface area contributed by atoms with Crippen LogP contribution in [0.3, 0.4) is 0 Å². The highest BCUT2D eigenvalue weighted by Gasteiger charge is 2.22. The first-order valence-corrected chi connectivity index (χ1v) is 6.36. The second-order valence-corrected chi connectivity index (χ2v) is 4.61. The topological polar surface area (TPSA) is 66.0 Å². The maximum Gasteiger partial charge on any atom is 0.161 e. The van der Waals surface area contributed by atoms with Crippen molar-refractivity contribution in [3.8, 4) is 5.75 Å². The molecule has 2 aromatic rings. The first kappa shape index (κ1) is 13.5. The molecule has 1 unspecified atom stereocenters. The van der Waals surface area contributed by atoms with Crippen molar-refractivity contribution in [3.63, 3.8) is 0 Å². The van der Waals surface area contributed by atoms with Crippen molar-refractivity contribution >= 4 is 0 Å². The Bertz CT molecular complexity index is 555. The van der Waals surface area contributed by atoms with Crippen LogP contribution in [-0.2, 0) is 6.54 Å². The van der Waals surface area contributed by atoms with Crippen molar-refractivity contribution in [1.82, 2.24) is 14.8 Å². The number of hydrogen-bond donors (Lipinski definition) is 1. The number of methoxy groups -OCH3 is 1. The molecule has 0 radical (unpaired) electrons. The van der Waals surface area contributed by atoms with E-state index in [4.69, 9.17) is 10.5 Å². The van der Waals surface area contributed by atoms with Crippen LogP contribution in [0.15, 0.2) is 18.5 Å². The molecular weight excluding hydrogens is 240 g/mol. The van der Waals surface area contributed by atoms with Gasteiger partial charge in [0.25, 0.3) is 0 Å². The van der Waals surface area contributed by atoms with Crippen LogP contribution in [-0.4, -0.2) is 21.9 Å². The Balaban J connectivity index is 2.48. The summed E-state index contributed by atoms with van der Waals surface area (Å²) >= 11 is 0. The Morgan fingerprint density at radius 3 is 2.68 bits per heavy atom. The van der Waals surface area contributed by atoms with Crippen molar-refractivity contribution < 1.29 is 4.74 Å². The fourth-order valence-electron chi connectivity index (χ4n) is 2.28. The Morgan fingerprint density at radius 2 is 2.11 bits per heavy atom. The molecule has 102 valence electrons. The van der Waals surface area contributed by atoms with Gasteiger partial charge in [0.15, 0.2) is 5.75 Å². The number of ether oxygens (including phenoxy) is 1. The molecule has 0 bridgehead atoms. The molecule has 0 amide bonds. The van der Waals surface area contributed by atoms with Crippen LogP contribution in [0.25, 0.3) is 0 Å². The van der Waals surface area contributed by atoms with Crippen LogP contribution in [0.1, 0.15) is 35.5 Å². The van der Waals surface area contributed by atoms with Crippen LogP contribution < -0.4 is 10.5 Å². The number of nitrogens with zero attached hydrogens (tertiary/aromatic N) is 3. The van der Waals surface area contributed by atoms with Gasteiger partial charge in [-0.15, -0.1) is 0 Å². The smallest absolute Gasteiger partial charge is 0.161 e. The summed E-state index contributed by atoms with van der Waals surface area (Å²) in [4.78, 5) is 4.46. The average molecular weight is 260 g/mol. The quantitative estimate of drug-likeness (QED) is 0.912. The minimum atomic E-state index is -0.335. The maximum absolute atomic E-state index is 6.36. The van der Waals surface area contributed by atoms with Gasteiger partial charge >= 0.3 is 0 Å². The van der Waals surface area contributed by atoms with E-state index in [1.165, 1.54) is 0 Å². The zero-order valence-corrected chi connectivity index (χ0v) is 11.8. The molecule has 0 saturated heterocycles. The molecule has 0 aliphatic heterocycles. The van der Waals surface area contributed by atoms with E-state index in [0.717, 1.165) is 29.1 Å². The summed E-state index contributed by atoms with van der Waals surface area (Å²) in [7, 11) is 1.63. The molecule has 2 heterocycles. The molecule has 0 aliphatic rings. The molecular formula is C14H20N4O. The normalized spacial score (nSPS) is 12.5. The van der Waals surface area contributed by atoms with Crippen LogP contribution in [0, 0.1) is 13.8 Å². The molecule has 19 heavy (non-hydrogen) atoms. The highest BCUT2D eigenvalue weighted by atomic mass is 16.5. The number of hydrogen-bond acceptors (Lipinski definition) is 4. The second kappa shape index (κ2) is 5.40. The first-order valence-electron chi connectivity index (χ1n) is 6.36. The third-order valence-electron chi connectivity index (χ3n) is 3.21. The molecule has 5 nitrogen and oxygen atoms in total. The monoisotopic (exact) mass is 260 g/mol. The van der Waals surface area contributed by atoms with Crippen LogP contribution in [0.2, 0.25) is 0 Å². The number of aryl methyl sites for hydroxylation is 3. The molecule has 1 atom stereocenters. The summed E-state index contributed by atoms with van der Waals surface area (Å²) in [5, 5.41) is 4.28. The Labute approximate surface area is 113 Å². The summed E-state index contributed by atoms with van der Waals surface area (Å²) in [6, 6.07) is 1.75. The van der Waals surface area contributed by atoms with E-state index in [-0.39, 0.29) is 6.04 Å². The molecule has 2 N–H and O–H groups in total. The molecule has 0 aliphatic carbocycles. The maximum atomic E-state index is 6.36. The largest absolute Gasteiger partial charge is 0.493 e. The van der Waals surface area contributed by atoms with E-state index in [1.54, 1.807) is 13.3 Å². The summed E-state index contributed by atoms with van der Waals surface area (Å²) < 4.78 is 7.19. The molecule has 0 spiro atoms. The predicted molar refractivity (Wildman–Crippen MR) is 74.2 cm³/mol. The highest BCUT2D eigenvalue weighted by molar-refractivity contribution is 5.37. The zero-order valence-electron chi connectivity index (χ0n) is 11.8. The fourth-order valence-corrected chi connectivity index (χ4v) is 2.28. The zero-order chi connectivity index (χ0) is 14.0. The molecule has 2 rings (SSSR count). The minimum absolute atomic E-state index is 0.335. The van der Waals surface area contributed by atoms with Gasteiger partial charge in [-0.05, 0) is 31.9 Å². The second-order valence-electron chi connectivity index (χ2n) is 4.61.